The van der Waals surface area contributed by atoms with Gasteiger partial charge in [0.2, 0.25) is 21.8 Å². The fourth-order valence-corrected chi connectivity index (χ4v) is 6.35. The Kier molecular flexibility index (Phi) is 6.13. The van der Waals surface area contributed by atoms with Crippen molar-refractivity contribution in [2.24, 2.45) is 7.05 Å². The van der Waals surface area contributed by atoms with Gasteiger partial charge in [-0.05, 0) is 20.3 Å². The summed E-state index contributed by atoms with van der Waals surface area (Å²) >= 11 is 6.37. The van der Waals surface area contributed by atoms with Crippen molar-refractivity contribution in [3.63, 3.8) is 0 Å². The molecule has 0 radical (unpaired) electrons. The number of sulfonamides is 1. The topological polar surface area (TPSA) is 95.8 Å². The van der Waals surface area contributed by atoms with E-state index >= 15 is 0 Å². The summed E-state index contributed by atoms with van der Waals surface area (Å²) in [7, 11) is -1.98. The Labute approximate surface area is 174 Å². The number of hydrogen-bond acceptors (Lipinski definition) is 7. The highest BCUT2D eigenvalue weighted by molar-refractivity contribution is 8.23. The van der Waals surface area contributed by atoms with Crippen LogP contribution in [-0.4, -0.2) is 86.9 Å². The van der Waals surface area contributed by atoms with Crippen molar-refractivity contribution in [2.45, 2.75) is 25.2 Å². The minimum atomic E-state index is -3.69. The average Bonchev–Trinajstić information content (AvgIpc) is 2.95. The molecule has 3 rings (SSSR count). The lowest BCUT2D eigenvalue weighted by molar-refractivity contribution is -0.135. The molecule has 9 nitrogen and oxygen atoms in total. The van der Waals surface area contributed by atoms with Crippen LogP contribution in [0, 0.1) is 13.8 Å². The highest BCUT2D eigenvalue weighted by Crippen LogP contribution is 2.24. The van der Waals surface area contributed by atoms with Crippen LogP contribution in [0.2, 0.25) is 0 Å². The molecule has 0 aliphatic carbocycles. The molecular weight excluding hydrogens is 422 g/mol. The number of thioether (sulfide) groups is 1. The number of aromatic nitrogens is 2. The average molecular weight is 446 g/mol. The molecule has 0 spiro atoms. The molecule has 0 bridgehead atoms. The molecule has 12 heteroatoms. The van der Waals surface area contributed by atoms with E-state index in [0.29, 0.717) is 35.2 Å². The first-order chi connectivity index (χ1) is 13.1. The first-order valence-corrected chi connectivity index (χ1v) is 11.7. The summed E-state index contributed by atoms with van der Waals surface area (Å²) in [6.07, 6.45) is 0.524. The second-order valence-electron chi connectivity index (χ2n) is 6.80. The smallest absolute Gasteiger partial charge is 0.246 e. The molecule has 2 saturated heterocycles. The van der Waals surface area contributed by atoms with Crippen LogP contribution in [0.4, 0.5) is 0 Å². The van der Waals surface area contributed by atoms with E-state index in [1.165, 1.54) is 21.0 Å². The highest BCUT2D eigenvalue weighted by atomic mass is 32.2. The monoisotopic (exact) mass is 445 g/mol. The van der Waals surface area contributed by atoms with Gasteiger partial charge in [0.25, 0.3) is 0 Å². The van der Waals surface area contributed by atoms with Gasteiger partial charge in [-0.1, -0.05) is 24.0 Å². The van der Waals surface area contributed by atoms with Crippen LogP contribution in [0.15, 0.2) is 4.90 Å². The lowest BCUT2D eigenvalue weighted by Gasteiger charge is -2.24. The van der Waals surface area contributed by atoms with Gasteiger partial charge in [-0.25, -0.2) is 8.42 Å². The summed E-state index contributed by atoms with van der Waals surface area (Å²) in [5.74, 6) is -0.113. The molecule has 154 valence electrons. The van der Waals surface area contributed by atoms with Gasteiger partial charge in [0.1, 0.15) is 15.8 Å². The van der Waals surface area contributed by atoms with Crippen molar-refractivity contribution in [2.75, 3.05) is 38.5 Å². The normalized spacial score (nSPS) is 19.4. The first kappa shape index (κ1) is 21.2. The SMILES string of the molecule is Cc1nn(C)c(C)c1S(=O)(=O)N1CCCN(C(=O)CN2C(=O)CSC2=S)CC1. The van der Waals surface area contributed by atoms with Crippen LogP contribution < -0.4 is 0 Å². The number of rotatable bonds is 4. The van der Waals surface area contributed by atoms with E-state index in [0.717, 1.165) is 0 Å². The summed E-state index contributed by atoms with van der Waals surface area (Å²) in [4.78, 5) is 27.6. The minimum absolute atomic E-state index is 0.0851. The Balaban J connectivity index is 1.70. The van der Waals surface area contributed by atoms with E-state index in [2.05, 4.69) is 5.10 Å². The van der Waals surface area contributed by atoms with E-state index < -0.39 is 10.0 Å². The predicted molar refractivity (Wildman–Crippen MR) is 109 cm³/mol. The maximum absolute atomic E-state index is 13.1. The van der Waals surface area contributed by atoms with E-state index in [1.54, 1.807) is 30.5 Å². The largest absolute Gasteiger partial charge is 0.340 e. The quantitative estimate of drug-likeness (QED) is 0.608. The summed E-state index contributed by atoms with van der Waals surface area (Å²) in [6, 6.07) is 0. The van der Waals surface area contributed by atoms with Crippen molar-refractivity contribution < 1.29 is 18.0 Å². The standard InChI is InChI=1S/C16H23N5O4S3/c1-11-15(12(2)18(3)17-11)28(24,25)20-6-4-5-19(7-8-20)13(22)9-21-14(23)10-27-16(21)26/h4-10H2,1-3H3. The third-order valence-electron chi connectivity index (χ3n) is 4.98. The molecule has 0 aromatic carbocycles. The van der Waals surface area contributed by atoms with Crippen LogP contribution in [-0.2, 0) is 26.7 Å². The molecule has 1 aromatic heterocycles. The molecular formula is C16H23N5O4S3. The van der Waals surface area contributed by atoms with Gasteiger partial charge in [0, 0.05) is 33.2 Å². The Morgan fingerprint density at radius 1 is 1.21 bits per heavy atom. The summed E-state index contributed by atoms with van der Waals surface area (Å²) in [6.45, 7) is 4.58. The molecule has 1 aromatic rings. The fourth-order valence-electron chi connectivity index (χ4n) is 3.41. The van der Waals surface area contributed by atoms with Gasteiger partial charge in [0.15, 0.2) is 0 Å². The molecule has 3 heterocycles. The molecule has 2 aliphatic heterocycles. The molecule has 0 saturated carbocycles. The highest BCUT2D eigenvalue weighted by Gasteiger charge is 2.34. The summed E-state index contributed by atoms with van der Waals surface area (Å²) in [5, 5.41) is 4.20. The number of thiocarbonyl (C=S) groups is 1. The fraction of sp³-hybridized carbons (Fsp3) is 0.625. The van der Waals surface area contributed by atoms with Gasteiger partial charge in [0.05, 0.1) is 17.1 Å². The van der Waals surface area contributed by atoms with Crippen molar-refractivity contribution in [3.8, 4) is 0 Å². The second kappa shape index (κ2) is 8.09. The van der Waals surface area contributed by atoms with E-state index in [1.807, 2.05) is 0 Å². The van der Waals surface area contributed by atoms with Gasteiger partial charge >= 0.3 is 0 Å². The van der Waals surface area contributed by atoms with Crippen molar-refractivity contribution in [1.82, 2.24) is 23.9 Å². The van der Waals surface area contributed by atoms with Gasteiger partial charge in [-0.2, -0.15) is 9.40 Å². The summed E-state index contributed by atoms with van der Waals surface area (Å²) < 4.78 is 29.7. The number of aryl methyl sites for hydroxylation is 2. The molecule has 2 fully saturated rings. The lowest BCUT2D eigenvalue weighted by atomic mass is 10.3. The number of carbonyl (C=O) groups is 2. The van der Waals surface area contributed by atoms with Gasteiger partial charge in [-0.15, -0.1) is 0 Å². The Morgan fingerprint density at radius 3 is 2.50 bits per heavy atom. The Hall–Kier alpha value is -1.50. The van der Waals surface area contributed by atoms with Crippen molar-refractivity contribution in [1.29, 1.82) is 0 Å². The van der Waals surface area contributed by atoms with Gasteiger partial charge in [-0.3, -0.25) is 19.2 Å². The zero-order valence-electron chi connectivity index (χ0n) is 16.0. The van der Waals surface area contributed by atoms with Crippen LogP contribution in [0.25, 0.3) is 0 Å². The van der Waals surface area contributed by atoms with Crippen LogP contribution in [0.1, 0.15) is 17.8 Å². The number of nitrogens with zero attached hydrogens (tertiary/aromatic N) is 5. The predicted octanol–water partition coefficient (Wildman–Crippen LogP) is 0.120. The van der Waals surface area contributed by atoms with Crippen molar-refractivity contribution >= 4 is 50.1 Å². The molecule has 2 aliphatic rings. The lowest BCUT2D eigenvalue weighted by Crippen LogP contribution is -2.44. The zero-order valence-corrected chi connectivity index (χ0v) is 18.5. The first-order valence-electron chi connectivity index (χ1n) is 8.88. The second-order valence-corrected chi connectivity index (χ2v) is 10.3. The third kappa shape index (κ3) is 3.95. The number of amides is 2. The maximum atomic E-state index is 13.1. The maximum Gasteiger partial charge on any atom is 0.246 e. The Bertz CT molecular complexity index is 911. The van der Waals surface area contributed by atoms with E-state index in [4.69, 9.17) is 12.2 Å². The van der Waals surface area contributed by atoms with E-state index in [-0.39, 0.29) is 42.1 Å². The van der Waals surface area contributed by atoms with Crippen LogP contribution >= 0.6 is 24.0 Å². The molecule has 28 heavy (non-hydrogen) atoms. The molecule has 0 N–H and O–H groups in total. The number of carbonyl (C=O) groups excluding carboxylic acids is 2. The van der Waals surface area contributed by atoms with Gasteiger partial charge < -0.3 is 4.90 Å². The molecule has 0 atom stereocenters. The minimum Gasteiger partial charge on any atom is -0.340 e. The van der Waals surface area contributed by atoms with Crippen molar-refractivity contribution in [3.05, 3.63) is 11.4 Å². The zero-order chi connectivity index (χ0) is 20.6. The molecule has 0 unspecified atom stereocenters. The summed E-state index contributed by atoms with van der Waals surface area (Å²) in [5.41, 5.74) is 1.06. The van der Waals surface area contributed by atoms with Crippen LogP contribution in [0.3, 0.4) is 0 Å². The molecule has 2 amide bonds. The third-order valence-corrected chi connectivity index (χ3v) is 8.57. The number of hydrogen-bond donors (Lipinski definition) is 0. The van der Waals surface area contributed by atoms with Crippen LogP contribution in [0.5, 0.6) is 0 Å². The van der Waals surface area contributed by atoms with E-state index in [9.17, 15) is 18.0 Å². The Morgan fingerprint density at radius 2 is 1.93 bits per heavy atom.